The van der Waals surface area contributed by atoms with Crippen LogP contribution in [-0.2, 0) is 14.3 Å². The Morgan fingerprint density at radius 2 is 1.51 bits per heavy atom. The van der Waals surface area contributed by atoms with Crippen molar-refractivity contribution in [3.8, 4) is 11.1 Å². The fraction of sp³-hybridized carbons (Fsp3) is 0.400. The van der Waals surface area contributed by atoms with E-state index in [1.54, 1.807) is 20.8 Å². The zero-order chi connectivity index (χ0) is 26.0. The first kappa shape index (κ1) is 26.1. The van der Waals surface area contributed by atoms with E-state index >= 15 is 0 Å². The molecule has 1 aliphatic carbocycles. The van der Waals surface area contributed by atoms with E-state index < -0.39 is 48.7 Å². The largest absolute Gasteiger partial charge is 0.480 e. The fourth-order valence-electron chi connectivity index (χ4n) is 4.18. The Kier molecular flexibility index (Phi) is 7.42. The number of aliphatic carboxylic acids is 1. The number of rotatable bonds is 7. The van der Waals surface area contributed by atoms with Crippen LogP contribution in [0.15, 0.2) is 48.5 Å². The SMILES string of the molecule is CC(C)(C)[C@H](NC(=O)OCC1c2ccccc2-c2ccccc21)C(=O)N(CC(=O)O)CC(F)(F)F. The van der Waals surface area contributed by atoms with E-state index in [0.717, 1.165) is 22.3 Å². The Balaban J connectivity index is 1.75. The summed E-state index contributed by atoms with van der Waals surface area (Å²) in [5, 5.41) is 11.3. The van der Waals surface area contributed by atoms with E-state index in [2.05, 4.69) is 5.32 Å². The van der Waals surface area contributed by atoms with Gasteiger partial charge in [-0.15, -0.1) is 0 Å². The molecule has 1 atom stereocenters. The van der Waals surface area contributed by atoms with Crippen LogP contribution in [0.5, 0.6) is 0 Å². The highest BCUT2D eigenvalue weighted by Gasteiger charge is 2.41. The van der Waals surface area contributed by atoms with E-state index in [9.17, 15) is 27.6 Å². The molecular weight excluding hydrogens is 465 g/mol. The normalized spacial score (nSPS) is 14.0. The van der Waals surface area contributed by atoms with Gasteiger partial charge in [0.2, 0.25) is 5.91 Å². The summed E-state index contributed by atoms with van der Waals surface area (Å²) in [6, 6.07) is 13.9. The van der Waals surface area contributed by atoms with Crippen LogP contribution in [0.3, 0.4) is 0 Å². The van der Waals surface area contributed by atoms with Crippen molar-refractivity contribution in [3.05, 3.63) is 59.7 Å². The summed E-state index contributed by atoms with van der Waals surface area (Å²) in [4.78, 5) is 36.8. The van der Waals surface area contributed by atoms with Gasteiger partial charge in [0.1, 0.15) is 25.7 Å². The summed E-state index contributed by atoms with van der Waals surface area (Å²) < 4.78 is 44.3. The lowest BCUT2D eigenvalue weighted by Crippen LogP contribution is -2.57. The zero-order valence-corrected chi connectivity index (χ0v) is 19.6. The minimum Gasteiger partial charge on any atom is -0.480 e. The molecule has 0 aliphatic heterocycles. The Morgan fingerprint density at radius 3 is 1.97 bits per heavy atom. The van der Waals surface area contributed by atoms with Gasteiger partial charge in [-0.25, -0.2) is 4.79 Å². The van der Waals surface area contributed by atoms with E-state index in [4.69, 9.17) is 9.84 Å². The highest BCUT2D eigenvalue weighted by molar-refractivity contribution is 5.89. The standard InChI is InChI=1S/C25H27F3N2O5/c1-24(2,3)21(22(33)30(12-20(31)32)14-25(26,27)28)29-23(34)35-13-19-17-10-6-4-8-15(17)16-9-5-7-11-18(16)19/h4-11,19,21H,12-14H2,1-3H3,(H,29,34)(H,31,32)/t21-/m1/s1. The van der Waals surface area contributed by atoms with Crippen LogP contribution in [0, 0.1) is 5.41 Å². The molecule has 0 fully saturated rings. The summed E-state index contributed by atoms with van der Waals surface area (Å²) >= 11 is 0. The number of hydrogen-bond acceptors (Lipinski definition) is 4. The van der Waals surface area contributed by atoms with Crippen LogP contribution in [0.2, 0.25) is 0 Å². The molecule has 2 N–H and O–H groups in total. The molecule has 10 heteroatoms. The molecule has 1 aliphatic rings. The van der Waals surface area contributed by atoms with E-state index in [1.807, 2.05) is 48.5 Å². The van der Waals surface area contributed by atoms with Crippen LogP contribution in [0.1, 0.15) is 37.8 Å². The van der Waals surface area contributed by atoms with Gasteiger partial charge < -0.3 is 20.1 Å². The zero-order valence-electron chi connectivity index (χ0n) is 19.6. The van der Waals surface area contributed by atoms with Crippen LogP contribution < -0.4 is 5.32 Å². The summed E-state index contributed by atoms with van der Waals surface area (Å²) in [5.74, 6) is -3.01. The smallest absolute Gasteiger partial charge is 0.407 e. The van der Waals surface area contributed by atoms with Gasteiger partial charge in [0.05, 0.1) is 0 Å². The maximum atomic E-state index is 13.0. The van der Waals surface area contributed by atoms with Crippen LogP contribution in [0.4, 0.5) is 18.0 Å². The quantitative estimate of drug-likeness (QED) is 0.597. The Labute approximate surface area is 200 Å². The number of carbonyl (C=O) groups is 3. The minimum atomic E-state index is -4.81. The van der Waals surface area contributed by atoms with Crippen molar-refractivity contribution in [2.24, 2.45) is 5.41 Å². The monoisotopic (exact) mass is 492 g/mol. The molecule has 0 unspecified atom stereocenters. The van der Waals surface area contributed by atoms with E-state index in [1.165, 1.54) is 0 Å². The van der Waals surface area contributed by atoms with E-state index in [-0.39, 0.29) is 17.4 Å². The predicted molar refractivity (Wildman–Crippen MR) is 122 cm³/mol. The summed E-state index contributed by atoms with van der Waals surface area (Å²) in [6.45, 7) is 1.68. The first-order chi connectivity index (χ1) is 16.3. The molecular formula is C25H27F3N2O5. The molecule has 7 nitrogen and oxygen atoms in total. The Hall–Kier alpha value is -3.56. The highest BCUT2D eigenvalue weighted by atomic mass is 19.4. The molecule has 188 valence electrons. The third kappa shape index (κ3) is 6.32. The molecule has 0 saturated heterocycles. The lowest BCUT2D eigenvalue weighted by atomic mass is 9.86. The number of ether oxygens (including phenoxy) is 1. The third-order valence-electron chi connectivity index (χ3n) is 5.73. The molecule has 2 amide bonds. The van der Waals surface area contributed by atoms with Crippen LogP contribution >= 0.6 is 0 Å². The molecule has 0 saturated carbocycles. The molecule has 0 bridgehead atoms. The van der Waals surface area contributed by atoms with Gasteiger partial charge in [-0.1, -0.05) is 69.3 Å². The van der Waals surface area contributed by atoms with Gasteiger partial charge in [0, 0.05) is 5.92 Å². The first-order valence-corrected chi connectivity index (χ1v) is 11.0. The number of alkyl carbamates (subject to hydrolysis) is 1. The number of carboxylic acid groups (broad SMARTS) is 1. The Morgan fingerprint density at radius 1 is 1.00 bits per heavy atom. The lowest BCUT2D eigenvalue weighted by molar-refractivity contribution is -0.168. The number of halogens is 3. The van der Waals surface area contributed by atoms with Crippen molar-refractivity contribution in [2.75, 3.05) is 19.7 Å². The second kappa shape index (κ2) is 9.97. The topological polar surface area (TPSA) is 95.9 Å². The number of carboxylic acids is 1. The van der Waals surface area contributed by atoms with Crippen molar-refractivity contribution in [1.29, 1.82) is 0 Å². The number of alkyl halides is 3. The number of fused-ring (bicyclic) bond motifs is 3. The van der Waals surface area contributed by atoms with Crippen molar-refractivity contribution in [1.82, 2.24) is 10.2 Å². The molecule has 2 aromatic rings. The molecule has 35 heavy (non-hydrogen) atoms. The summed E-state index contributed by atoms with van der Waals surface area (Å²) in [7, 11) is 0. The molecule has 0 aromatic heterocycles. The van der Waals surface area contributed by atoms with Gasteiger partial charge in [-0.2, -0.15) is 13.2 Å². The second-order valence-electron chi connectivity index (χ2n) is 9.47. The average Bonchev–Trinajstić information content (AvgIpc) is 3.07. The molecule has 0 radical (unpaired) electrons. The molecule has 3 rings (SSSR count). The molecule has 0 heterocycles. The van der Waals surface area contributed by atoms with Crippen LogP contribution in [0.25, 0.3) is 11.1 Å². The maximum absolute atomic E-state index is 13.0. The van der Waals surface area contributed by atoms with E-state index in [0.29, 0.717) is 0 Å². The first-order valence-electron chi connectivity index (χ1n) is 11.0. The highest BCUT2D eigenvalue weighted by Crippen LogP contribution is 2.44. The number of nitrogens with zero attached hydrogens (tertiary/aromatic N) is 1. The van der Waals surface area contributed by atoms with Crippen molar-refractivity contribution in [2.45, 2.75) is 38.9 Å². The number of amides is 2. The van der Waals surface area contributed by atoms with Gasteiger partial charge in [0.25, 0.3) is 0 Å². The van der Waals surface area contributed by atoms with Crippen molar-refractivity contribution < 1.29 is 37.4 Å². The van der Waals surface area contributed by atoms with Gasteiger partial charge >= 0.3 is 18.2 Å². The summed E-state index contributed by atoms with van der Waals surface area (Å²) in [5.41, 5.74) is 2.98. The second-order valence-corrected chi connectivity index (χ2v) is 9.47. The lowest BCUT2D eigenvalue weighted by Gasteiger charge is -2.34. The van der Waals surface area contributed by atoms with Crippen molar-refractivity contribution in [3.63, 3.8) is 0 Å². The predicted octanol–water partition coefficient (Wildman–Crippen LogP) is 4.42. The third-order valence-corrected chi connectivity index (χ3v) is 5.73. The molecule has 2 aromatic carbocycles. The number of carbonyl (C=O) groups excluding carboxylic acids is 2. The van der Waals surface area contributed by atoms with Gasteiger partial charge in [-0.05, 0) is 27.7 Å². The Bertz CT molecular complexity index is 1070. The molecule has 0 spiro atoms. The number of nitrogens with one attached hydrogen (secondary N) is 1. The minimum absolute atomic E-state index is 0.0493. The fourth-order valence-corrected chi connectivity index (χ4v) is 4.18. The average molecular weight is 492 g/mol. The van der Waals surface area contributed by atoms with Crippen LogP contribution in [-0.4, -0.2) is 59.9 Å². The van der Waals surface area contributed by atoms with Gasteiger partial charge in [-0.3, -0.25) is 9.59 Å². The van der Waals surface area contributed by atoms with Crippen molar-refractivity contribution >= 4 is 18.0 Å². The van der Waals surface area contributed by atoms with Gasteiger partial charge in [0.15, 0.2) is 0 Å². The maximum Gasteiger partial charge on any atom is 0.407 e. The summed E-state index contributed by atoms with van der Waals surface area (Å²) in [6.07, 6.45) is -5.79. The number of benzene rings is 2. The number of hydrogen-bond donors (Lipinski definition) is 2.